The molecular formula is C12H18N5O14P3. The Morgan fingerprint density at radius 3 is 2.44 bits per heavy atom. The molecule has 0 amide bonds. The summed E-state index contributed by atoms with van der Waals surface area (Å²) < 4.78 is 57.7. The van der Waals surface area contributed by atoms with Crippen molar-refractivity contribution >= 4 is 46.4 Å². The van der Waals surface area contributed by atoms with Crippen LogP contribution < -0.4 is 5.73 Å². The van der Waals surface area contributed by atoms with E-state index in [1.807, 2.05) is 0 Å². The van der Waals surface area contributed by atoms with Gasteiger partial charge in [-0.2, -0.15) is 8.62 Å². The number of carbonyl (C=O) groups is 1. The van der Waals surface area contributed by atoms with Gasteiger partial charge in [-0.3, -0.25) is 13.9 Å². The molecule has 7 N–H and O–H groups in total. The van der Waals surface area contributed by atoms with E-state index in [1.165, 1.54) is 10.9 Å². The second-order valence-electron chi connectivity index (χ2n) is 6.60. The number of hydrogen-bond acceptors (Lipinski definition) is 14. The summed E-state index contributed by atoms with van der Waals surface area (Å²) in [7, 11) is -16.8. The molecule has 2 aromatic heterocycles. The summed E-state index contributed by atoms with van der Waals surface area (Å²) >= 11 is 0. The summed E-state index contributed by atoms with van der Waals surface area (Å²) in [6, 6.07) is 0. The number of nitrogens with two attached hydrogens (primary N) is 1. The molecular weight excluding hydrogens is 531 g/mol. The standard InChI is InChI=1S/C12H18N5O14P3/c1-5(18)28-9-6(2-27-33(23,24)31-34(25,26)30-32(20,21)22)29-12(8(9)19)17-4-16-7-10(13)14-3-15-11(7)17/h3-4,6,8-9,12,19H,2H2,1H3,(H,23,24)(H,25,26)(H2,13,14,15)(H2,20,21,22)/t6-,8-,9-,12-/m1/s1. The van der Waals surface area contributed by atoms with Crippen LogP contribution in [0.15, 0.2) is 12.7 Å². The molecule has 1 fully saturated rings. The van der Waals surface area contributed by atoms with Gasteiger partial charge in [0, 0.05) is 6.92 Å². The minimum atomic E-state index is -5.75. The van der Waals surface area contributed by atoms with E-state index in [-0.39, 0.29) is 17.0 Å². The van der Waals surface area contributed by atoms with Crippen LogP contribution in [-0.2, 0) is 41.1 Å². The van der Waals surface area contributed by atoms with Crippen molar-refractivity contribution in [1.29, 1.82) is 0 Å². The van der Waals surface area contributed by atoms with Gasteiger partial charge in [-0.15, -0.1) is 0 Å². The molecule has 6 atom stereocenters. The number of ether oxygens (including phenoxy) is 2. The summed E-state index contributed by atoms with van der Waals surface area (Å²) in [5.74, 6) is -0.837. The summed E-state index contributed by atoms with van der Waals surface area (Å²) in [5, 5.41) is 10.7. The number of phosphoric acid groups is 3. The molecule has 0 aliphatic carbocycles. The van der Waals surface area contributed by atoms with E-state index in [0.717, 1.165) is 13.3 Å². The van der Waals surface area contributed by atoms with Crippen LogP contribution in [0.5, 0.6) is 0 Å². The molecule has 34 heavy (non-hydrogen) atoms. The van der Waals surface area contributed by atoms with Crippen LogP contribution in [0.1, 0.15) is 13.2 Å². The molecule has 2 unspecified atom stereocenters. The number of aromatic nitrogens is 4. The van der Waals surface area contributed by atoms with Crippen LogP contribution in [-0.4, -0.2) is 75.1 Å². The molecule has 0 spiro atoms. The third kappa shape index (κ3) is 6.42. The van der Waals surface area contributed by atoms with Gasteiger partial charge in [0.05, 0.1) is 12.9 Å². The van der Waals surface area contributed by atoms with E-state index in [0.29, 0.717) is 0 Å². The Morgan fingerprint density at radius 2 is 1.82 bits per heavy atom. The Balaban J connectivity index is 1.79. The minimum absolute atomic E-state index is 0.0250. The Morgan fingerprint density at radius 1 is 1.15 bits per heavy atom. The zero-order valence-electron chi connectivity index (χ0n) is 16.8. The molecule has 19 nitrogen and oxygen atoms in total. The van der Waals surface area contributed by atoms with Crippen LogP contribution in [0.4, 0.5) is 5.82 Å². The Labute approximate surface area is 188 Å². The first-order valence-electron chi connectivity index (χ1n) is 8.81. The lowest BCUT2D eigenvalue weighted by Crippen LogP contribution is -2.37. The first-order valence-corrected chi connectivity index (χ1v) is 13.3. The summed E-state index contributed by atoms with van der Waals surface area (Å²) in [5.41, 5.74) is 6.01. The molecule has 1 aliphatic rings. The number of aliphatic hydroxyl groups excluding tert-OH is 1. The highest BCUT2D eigenvalue weighted by atomic mass is 31.3. The number of phosphoric ester groups is 1. The number of rotatable bonds is 9. The summed E-state index contributed by atoms with van der Waals surface area (Å²) in [6.07, 6.45) is -3.53. The van der Waals surface area contributed by atoms with Gasteiger partial charge in [-0.25, -0.2) is 28.6 Å². The van der Waals surface area contributed by atoms with Crippen LogP contribution in [0.25, 0.3) is 11.2 Å². The molecule has 2 aromatic rings. The van der Waals surface area contributed by atoms with Crippen molar-refractivity contribution in [3.63, 3.8) is 0 Å². The fraction of sp³-hybridized carbons (Fsp3) is 0.500. The normalized spacial score (nSPS) is 26.8. The molecule has 0 aromatic carbocycles. The van der Waals surface area contributed by atoms with Gasteiger partial charge in [0.2, 0.25) is 0 Å². The predicted octanol–water partition coefficient (Wildman–Crippen LogP) is -1.06. The topological polar surface area (TPSA) is 285 Å². The van der Waals surface area contributed by atoms with E-state index in [4.69, 9.17) is 25.0 Å². The zero-order valence-corrected chi connectivity index (χ0v) is 19.5. The predicted molar refractivity (Wildman–Crippen MR) is 105 cm³/mol. The molecule has 1 aliphatic heterocycles. The number of anilines is 1. The lowest BCUT2D eigenvalue weighted by atomic mass is 10.1. The van der Waals surface area contributed by atoms with Gasteiger partial charge in [0.15, 0.2) is 23.8 Å². The zero-order chi connectivity index (χ0) is 25.5. The van der Waals surface area contributed by atoms with Crippen molar-refractivity contribution in [3.8, 4) is 0 Å². The number of nitrogens with zero attached hydrogens (tertiary/aromatic N) is 4. The average Bonchev–Trinajstić information content (AvgIpc) is 3.20. The Hall–Kier alpha value is -1.85. The minimum Gasteiger partial charge on any atom is -0.457 e. The molecule has 3 heterocycles. The number of nitrogen functional groups attached to an aromatic ring is 1. The van der Waals surface area contributed by atoms with Gasteiger partial charge in [0.1, 0.15) is 24.1 Å². The van der Waals surface area contributed by atoms with Gasteiger partial charge >= 0.3 is 29.4 Å². The maximum absolute atomic E-state index is 12.0. The van der Waals surface area contributed by atoms with E-state index < -0.39 is 60.6 Å². The van der Waals surface area contributed by atoms with Gasteiger partial charge in [0.25, 0.3) is 0 Å². The van der Waals surface area contributed by atoms with Gasteiger partial charge in [-0.05, 0) is 0 Å². The maximum atomic E-state index is 12.0. The Kier molecular flexibility index (Phi) is 7.60. The highest BCUT2D eigenvalue weighted by molar-refractivity contribution is 7.66. The fourth-order valence-electron chi connectivity index (χ4n) is 2.95. The first kappa shape index (κ1) is 26.7. The number of esters is 1. The third-order valence-electron chi connectivity index (χ3n) is 4.09. The summed E-state index contributed by atoms with van der Waals surface area (Å²) in [4.78, 5) is 59.2. The van der Waals surface area contributed by atoms with Crippen LogP contribution in [0, 0.1) is 0 Å². The second-order valence-corrected chi connectivity index (χ2v) is 11.0. The maximum Gasteiger partial charge on any atom is 0.490 e. The highest BCUT2D eigenvalue weighted by Gasteiger charge is 2.49. The average molecular weight is 549 g/mol. The second kappa shape index (κ2) is 9.66. The van der Waals surface area contributed by atoms with Crippen LogP contribution in [0.2, 0.25) is 0 Å². The molecule has 190 valence electrons. The van der Waals surface area contributed by atoms with E-state index >= 15 is 0 Å². The molecule has 0 saturated carbocycles. The fourth-order valence-corrected chi connectivity index (χ4v) is 5.98. The Bertz CT molecular complexity index is 1220. The third-order valence-corrected chi connectivity index (χ3v) is 7.89. The van der Waals surface area contributed by atoms with Crippen LogP contribution >= 0.6 is 23.5 Å². The lowest BCUT2D eigenvalue weighted by Gasteiger charge is -2.21. The molecule has 1 saturated heterocycles. The number of fused-ring (bicyclic) bond motifs is 1. The van der Waals surface area contributed by atoms with E-state index in [1.54, 1.807) is 0 Å². The van der Waals surface area contributed by atoms with Crippen LogP contribution in [0.3, 0.4) is 0 Å². The SMILES string of the molecule is CC(=O)O[C@H]1[C@@H](O)[C@H](n2cnc3c(N)ncnc32)O[C@@H]1COP(=O)(O)OP(=O)(O)OP(=O)(O)O. The van der Waals surface area contributed by atoms with Gasteiger partial charge in [-0.1, -0.05) is 0 Å². The van der Waals surface area contributed by atoms with Crippen molar-refractivity contribution in [3.05, 3.63) is 12.7 Å². The largest absolute Gasteiger partial charge is 0.490 e. The monoisotopic (exact) mass is 549 g/mol. The quantitative estimate of drug-likeness (QED) is 0.160. The lowest BCUT2D eigenvalue weighted by molar-refractivity contribution is -0.153. The smallest absolute Gasteiger partial charge is 0.457 e. The van der Waals surface area contributed by atoms with Crippen molar-refractivity contribution in [2.75, 3.05) is 12.3 Å². The highest BCUT2D eigenvalue weighted by Crippen LogP contribution is 2.66. The number of imidazole rings is 1. The number of hydrogen-bond donors (Lipinski definition) is 6. The molecule has 3 rings (SSSR count). The summed E-state index contributed by atoms with van der Waals surface area (Å²) in [6.45, 7) is 0.0406. The van der Waals surface area contributed by atoms with Crippen molar-refractivity contribution in [2.45, 2.75) is 31.5 Å². The first-order chi connectivity index (χ1) is 15.6. The van der Waals surface area contributed by atoms with E-state index in [2.05, 4.69) is 28.1 Å². The molecule has 0 radical (unpaired) electrons. The van der Waals surface area contributed by atoms with Crippen molar-refractivity contribution in [1.82, 2.24) is 19.5 Å². The van der Waals surface area contributed by atoms with Crippen molar-refractivity contribution in [2.24, 2.45) is 0 Å². The van der Waals surface area contributed by atoms with Crippen molar-refractivity contribution < 1.29 is 65.8 Å². The van der Waals surface area contributed by atoms with E-state index in [9.17, 15) is 33.4 Å². The number of carbonyl (C=O) groups excluding carboxylic acids is 1. The molecule has 22 heteroatoms. The number of aliphatic hydroxyl groups is 1. The molecule has 0 bridgehead atoms. The van der Waals surface area contributed by atoms with Gasteiger partial charge < -0.3 is 39.9 Å².